The molecule has 2 fully saturated rings. The molecule has 1 unspecified atom stereocenters. The van der Waals surface area contributed by atoms with Crippen molar-refractivity contribution in [3.8, 4) is 11.3 Å². The van der Waals surface area contributed by atoms with Gasteiger partial charge in [0.1, 0.15) is 0 Å². The Hall–Kier alpha value is -2.02. The number of aromatic nitrogens is 1. The highest BCUT2D eigenvalue weighted by Crippen LogP contribution is 2.47. The van der Waals surface area contributed by atoms with Gasteiger partial charge in [0.25, 0.3) is 0 Å². The molecule has 2 aliphatic rings. The Morgan fingerprint density at radius 2 is 2.03 bits per heavy atom. The molecular formula is C23H27Cl2N3O3. The lowest BCUT2D eigenvalue weighted by Gasteiger charge is -2.44. The summed E-state index contributed by atoms with van der Waals surface area (Å²) >= 11 is 12.6. The van der Waals surface area contributed by atoms with Crippen LogP contribution < -0.4 is 10.2 Å². The number of rotatable bonds is 4. The van der Waals surface area contributed by atoms with Crippen molar-refractivity contribution in [1.29, 1.82) is 0 Å². The average Bonchev–Trinajstić information content (AvgIpc) is 3.11. The second-order valence-electron chi connectivity index (χ2n) is 8.62. The van der Waals surface area contributed by atoms with Gasteiger partial charge in [-0.15, -0.1) is 0 Å². The average molecular weight is 464 g/mol. The zero-order valence-electron chi connectivity index (χ0n) is 17.5. The summed E-state index contributed by atoms with van der Waals surface area (Å²) in [6.07, 6.45) is 3.92. The molecule has 6 nitrogen and oxygen atoms in total. The zero-order valence-corrected chi connectivity index (χ0v) is 19.0. The van der Waals surface area contributed by atoms with E-state index < -0.39 is 6.09 Å². The molecule has 1 aromatic heterocycles. The fraction of sp³-hybridized carbons (Fsp3) is 0.478. The lowest BCUT2D eigenvalue weighted by atomic mass is 9.74. The number of carboxylic acid groups (broad SMARTS) is 1. The van der Waals surface area contributed by atoms with Crippen molar-refractivity contribution >= 4 is 35.0 Å². The molecule has 2 aromatic rings. The summed E-state index contributed by atoms with van der Waals surface area (Å²) in [6, 6.07) is 7.54. The number of hydrogen-bond acceptors (Lipinski definition) is 4. The molecule has 4 rings (SSSR count). The summed E-state index contributed by atoms with van der Waals surface area (Å²) in [5.41, 5.74) is 4.00. The molecule has 1 aliphatic carbocycles. The summed E-state index contributed by atoms with van der Waals surface area (Å²) in [5.74, 6) is 0. The Morgan fingerprint density at radius 3 is 2.71 bits per heavy atom. The summed E-state index contributed by atoms with van der Waals surface area (Å²) in [4.78, 5) is 18.2. The third-order valence-corrected chi connectivity index (χ3v) is 7.75. The molecule has 166 valence electrons. The number of benzene rings is 1. The predicted molar refractivity (Wildman–Crippen MR) is 123 cm³/mol. The quantitative estimate of drug-likeness (QED) is 0.575. The third kappa shape index (κ3) is 4.21. The molecule has 8 heteroatoms. The van der Waals surface area contributed by atoms with Gasteiger partial charge in [-0.25, -0.2) is 9.78 Å². The summed E-state index contributed by atoms with van der Waals surface area (Å²) in [6.45, 7) is 3.43. The Morgan fingerprint density at radius 1 is 1.29 bits per heavy atom. The number of aliphatic hydroxyl groups is 1. The van der Waals surface area contributed by atoms with Gasteiger partial charge >= 0.3 is 6.09 Å². The topological polar surface area (TPSA) is 85.7 Å². The van der Waals surface area contributed by atoms with Crippen molar-refractivity contribution in [2.45, 2.75) is 51.7 Å². The molecular weight excluding hydrogens is 437 g/mol. The van der Waals surface area contributed by atoms with Crippen LogP contribution in [0.15, 0.2) is 24.3 Å². The molecule has 1 saturated heterocycles. The number of amides is 1. The fourth-order valence-corrected chi connectivity index (χ4v) is 5.68. The summed E-state index contributed by atoms with van der Waals surface area (Å²) in [5, 5.41) is 22.9. The van der Waals surface area contributed by atoms with Crippen molar-refractivity contribution in [2.75, 3.05) is 18.0 Å². The van der Waals surface area contributed by atoms with Crippen molar-refractivity contribution in [1.82, 2.24) is 10.3 Å². The van der Waals surface area contributed by atoms with Crippen molar-refractivity contribution in [2.24, 2.45) is 5.41 Å². The van der Waals surface area contributed by atoms with E-state index in [9.17, 15) is 15.0 Å². The van der Waals surface area contributed by atoms with Crippen molar-refractivity contribution in [3.63, 3.8) is 0 Å². The van der Waals surface area contributed by atoms with Gasteiger partial charge in [0.2, 0.25) is 0 Å². The first-order valence-corrected chi connectivity index (χ1v) is 11.4. The molecule has 31 heavy (non-hydrogen) atoms. The van der Waals surface area contributed by atoms with E-state index in [0.29, 0.717) is 15.7 Å². The van der Waals surface area contributed by atoms with Gasteiger partial charge in [0, 0.05) is 24.7 Å². The van der Waals surface area contributed by atoms with Crippen molar-refractivity contribution in [3.05, 3.63) is 45.6 Å². The molecule has 1 saturated carbocycles. The first kappa shape index (κ1) is 22.2. The van der Waals surface area contributed by atoms with E-state index in [4.69, 9.17) is 28.2 Å². The van der Waals surface area contributed by atoms with Gasteiger partial charge in [-0.05, 0) is 55.7 Å². The van der Waals surface area contributed by atoms with Crippen LogP contribution in [0.3, 0.4) is 0 Å². The van der Waals surface area contributed by atoms with Gasteiger partial charge < -0.3 is 20.4 Å². The van der Waals surface area contributed by atoms with E-state index in [0.717, 1.165) is 67.7 Å². The van der Waals surface area contributed by atoms with Gasteiger partial charge in [-0.1, -0.05) is 41.8 Å². The van der Waals surface area contributed by atoms with Crippen LogP contribution in [0.5, 0.6) is 0 Å². The van der Waals surface area contributed by atoms with Gasteiger partial charge in [-0.3, -0.25) is 0 Å². The van der Waals surface area contributed by atoms with Gasteiger partial charge in [0.05, 0.1) is 33.7 Å². The summed E-state index contributed by atoms with van der Waals surface area (Å²) < 4.78 is 0. The van der Waals surface area contributed by atoms with E-state index in [1.807, 2.05) is 19.1 Å². The Bertz CT molecular complexity index is 990. The van der Waals surface area contributed by atoms with Crippen LogP contribution in [0.2, 0.25) is 10.0 Å². The molecule has 1 aromatic carbocycles. The highest BCUT2D eigenvalue weighted by Gasteiger charge is 2.45. The van der Waals surface area contributed by atoms with Crippen LogP contribution in [0.1, 0.15) is 43.4 Å². The van der Waals surface area contributed by atoms with E-state index in [1.165, 1.54) is 0 Å². The SMILES string of the molecule is Cc1cc(N2CCC3(CCCC3NC(=O)O)CC2)c(CO)nc1-c1cccc(Cl)c1Cl. The van der Waals surface area contributed by atoms with E-state index in [-0.39, 0.29) is 18.1 Å². The number of piperidine rings is 1. The smallest absolute Gasteiger partial charge is 0.404 e. The molecule has 3 N–H and O–H groups in total. The molecule has 1 aliphatic heterocycles. The van der Waals surface area contributed by atoms with Gasteiger partial charge in [0.15, 0.2) is 0 Å². The standard InChI is InChI=1S/C23H27Cl2N3O3/c1-14-12-18(17(13-29)26-21(14)15-4-2-5-16(24)20(15)25)28-10-8-23(9-11-28)7-3-6-19(23)27-22(30)31/h2,4-5,12,19,27,29H,3,6-11,13H2,1H3,(H,30,31). The number of halogens is 2. The minimum atomic E-state index is -0.939. The predicted octanol–water partition coefficient (Wildman–Crippen LogP) is 5.26. The number of hydrogen-bond donors (Lipinski definition) is 3. The van der Waals surface area contributed by atoms with Crippen molar-refractivity contribution < 1.29 is 15.0 Å². The number of pyridine rings is 1. The van der Waals surface area contributed by atoms with Crippen LogP contribution in [0, 0.1) is 12.3 Å². The van der Waals surface area contributed by atoms with Crippen LogP contribution in [-0.2, 0) is 6.61 Å². The van der Waals surface area contributed by atoms with Crippen LogP contribution in [-0.4, -0.2) is 40.4 Å². The Kier molecular flexibility index (Phi) is 6.33. The van der Waals surface area contributed by atoms with Crippen LogP contribution in [0.25, 0.3) is 11.3 Å². The molecule has 1 spiro atoms. The molecule has 0 radical (unpaired) electrons. The molecule has 1 amide bonds. The lowest BCUT2D eigenvalue weighted by molar-refractivity contribution is 0.149. The van der Waals surface area contributed by atoms with Crippen LogP contribution in [0.4, 0.5) is 10.5 Å². The second kappa shape index (κ2) is 8.85. The number of anilines is 1. The number of carbonyl (C=O) groups is 1. The van der Waals surface area contributed by atoms with Gasteiger partial charge in [-0.2, -0.15) is 0 Å². The van der Waals surface area contributed by atoms with Crippen LogP contribution >= 0.6 is 23.2 Å². The van der Waals surface area contributed by atoms with E-state index >= 15 is 0 Å². The number of nitrogens with zero attached hydrogens (tertiary/aromatic N) is 2. The minimum Gasteiger partial charge on any atom is -0.465 e. The first-order valence-electron chi connectivity index (χ1n) is 10.6. The number of nitrogens with one attached hydrogen (secondary N) is 1. The Labute approximate surface area is 192 Å². The zero-order chi connectivity index (χ0) is 22.2. The normalized spacial score (nSPS) is 20.3. The molecule has 2 heterocycles. The highest BCUT2D eigenvalue weighted by molar-refractivity contribution is 6.43. The lowest BCUT2D eigenvalue weighted by Crippen LogP contribution is -2.50. The maximum atomic E-state index is 11.2. The fourth-order valence-electron chi connectivity index (χ4n) is 5.29. The Balaban J connectivity index is 1.59. The minimum absolute atomic E-state index is 0.0247. The van der Waals surface area contributed by atoms with E-state index in [2.05, 4.69) is 16.3 Å². The highest BCUT2D eigenvalue weighted by atomic mass is 35.5. The van der Waals surface area contributed by atoms with E-state index in [1.54, 1.807) is 6.07 Å². The number of aliphatic hydroxyl groups excluding tert-OH is 1. The maximum Gasteiger partial charge on any atom is 0.404 e. The monoisotopic (exact) mass is 463 g/mol. The molecule has 0 bridgehead atoms. The largest absolute Gasteiger partial charge is 0.465 e. The first-order chi connectivity index (χ1) is 14.8. The summed E-state index contributed by atoms with van der Waals surface area (Å²) in [7, 11) is 0. The maximum absolute atomic E-state index is 11.2. The second-order valence-corrected chi connectivity index (χ2v) is 9.41. The molecule has 1 atom stereocenters. The third-order valence-electron chi connectivity index (χ3n) is 6.93. The number of aryl methyl sites for hydroxylation is 1.